The fourth-order valence-electron chi connectivity index (χ4n) is 1.08. The summed E-state index contributed by atoms with van der Waals surface area (Å²) >= 11 is 0. The van der Waals surface area contributed by atoms with Gasteiger partial charge in [0.25, 0.3) is 0 Å². The second-order valence-electron chi connectivity index (χ2n) is 3.91. The van der Waals surface area contributed by atoms with Crippen LogP contribution in [-0.4, -0.2) is 30.4 Å². The van der Waals surface area contributed by atoms with Gasteiger partial charge in [0.05, 0.1) is 6.04 Å². The molecule has 1 atom stereocenters. The smallest absolute Gasteiger partial charge is 0.237 e. The fraction of sp³-hybridized carbons (Fsp3) is 0.800. The second kappa shape index (κ2) is 7.23. The van der Waals surface area contributed by atoms with Gasteiger partial charge in [-0.3, -0.25) is 9.59 Å². The molecule has 0 spiro atoms. The van der Waals surface area contributed by atoms with Gasteiger partial charge in [-0.05, 0) is 33.7 Å². The first kappa shape index (κ1) is 13.9. The van der Waals surface area contributed by atoms with E-state index in [1.807, 2.05) is 13.8 Å². The molecular formula is C10H21N3O2. The first-order valence-electron chi connectivity index (χ1n) is 5.25. The van der Waals surface area contributed by atoms with Gasteiger partial charge in [0, 0.05) is 12.5 Å². The Morgan fingerprint density at radius 3 is 2.33 bits per heavy atom. The number of amides is 2. The molecule has 5 nitrogen and oxygen atoms in total. The maximum absolute atomic E-state index is 11.4. The Morgan fingerprint density at radius 1 is 1.27 bits per heavy atom. The molecule has 0 aliphatic carbocycles. The van der Waals surface area contributed by atoms with Crippen molar-refractivity contribution in [2.24, 2.45) is 5.73 Å². The molecule has 0 heterocycles. The Balaban J connectivity index is 3.60. The molecule has 1 unspecified atom stereocenters. The van der Waals surface area contributed by atoms with Gasteiger partial charge in [-0.2, -0.15) is 0 Å². The summed E-state index contributed by atoms with van der Waals surface area (Å²) in [6.07, 6.45) is 1.01. The number of carbonyl (C=O) groups is 2. The van der Waals surface area contributed by atoms with Gasteiger partial charge in [0.1, 0.15) is 0 Å². The Morgan fingerprint density at radius 2 is 1.87 bits per heavy atom. The van der Waals surface area contributed by atoms with Crippen molar-refractivity contribution in [1.29, 1.82) is 0 Å². The highest BCUT2D eigenvalue weighted by molar-refractivity contribution is 5.81. The van der Waals surface area contributed by atoms with Crippen LogP contribution < -0.4 is 16.4 Å². The molecule has 4 N–H and O–H groups in total. The van der Waals surface area contributed by atoms with Crippen LogP contribution in [0.25, 0.3) is 0 Å². The Kier molecular flexibility index (Phi) is 6.70. The molecule has 0 fully saturated rings. The zero-order valence-corrected chi connectivity index (χ0v) is 9.67. The number of hydrogen-bond donors (Lipinski definition) is 3. The lowest BCUT2D eigenvalue weighted by molar-refractivity contribution is -0.123. The Bertz CT molecular complexity index is 217. The van der Waals surface area contributed by atoms with Crippen molar-refractivity contribution in [2.75, 3.05) is 6.54 Å². The third-order valence-electron chi connectivity index (χ3n) is 1.87. The van der Waals surface area contributed by atoms with Crippen LogP contribution in [0.15, 0.2) is 0 Å². The van der Waals surface area contributed by atoms with E-state index in [-0.39, 0.29) is 23.9 Å². The molecule has 0 radical (unpaired) electrons. The number of hydrogen-bond acceptors (Lipinski definition) is 3. The minimum atomic E-state index is -0.309. The molecule has 0 aliphatic rings. The molecule has 0 aromatic rings. The highest BCUT2D eigenvalue weighted by atomic mass is 16.2. The summed E-state index contributed by atoms with van der Waals surface area (Å²) in [6.45, 7) is 6.24. The van der Waals surface area contributed by atoms with Gasteiger partial charge in [0.15, 0.2) is 0 Å². The van der Waals surface area contributed by atoms with E-state index in [2.05, 4.69) is 10.6 Å². The predicted molar refractivity (Wildman–Crippen MR) is 59.2 cm³/mol. The minimum Gasteiger partial charge on any atom is -0.370 e. The van der Waals surface area contributed by atoms with Crippen LogP contribution in [0.4, 0.5) is 0 Å². The second-order valence-corrected chi connectivity index (χ2v) is 3.91. The first-order valence-corrected chi connectivity index (χ1v) is 5.25. The van der Waals surface area contributed by atoms with Gasteiger partial charge in [-0.15, -0.1) is 0 Å². The van der Waals surface area contributed by atoms with E-state index in [0.29, 0.717) is 19.4 Å². The lowest BCUT2D eigenvalue weighted by Gasteiger charge is -2.15. The van der Waals surface area contributed by atoms with Gasteiger partial charge in [-0.25, -0.2) is 0 Å². The molecule has 0 aromatic carbocycles. The summed E-state index contributed by atoms with van der Waals surface area (Å²) in [6, 6.07) is -0.0901. The van der Waals surface area contributed by atoms with Gasteiger partial charge in [-0.1, -0.05) is 0 Å². The third-order valence-corrected chi connectivity index (χ3v) is 1.87. The van der Waals surface area contributed by atoms with Crippen molar-refractivity contribution in [2.45, 2.75) is 45.7 Å². The molecule has 0 saturated heterocycles. The van der Waals surface area contributed by atoms with E-state index in [0.717, 1.165) is 0 Å². The summed E-state index contributed by atoms with van der Waals surface area (Å²) in [5, 5.41) is 5.82. The first-order chi connectivity index (χ1) is 6.93. The molecule has 5 heteroatoms. The largest absolute Gasteiger partial charge is 0.370 e. The van der Waals surface area contributed by atoms with E-state index in [1.165, 1.54) is 0 Å². The highest BCUT2D eigenvalue weighted by Gasteiger charge is 2.12. The number of rotatable bonds is 7. The fourth-order valence-corrected chi connectivity index (χ4v) is 1.08. The Labute approximate surface area is 90.8 Å². The predicted octanol–water partition coefficient (Wildman–Crippen LogP) is -0.245. The van der Waals surface area contributed by atoms with Crippen LogP contribution >= 0.6 is 0 Å². The van der Waals surface area contributed by atoms with Crippen molar-refractivity contribution in [3.05, 3.63) is 0 Å². The third kappa shape index (κ3) is 7.93. The number of carbonyl (C=O) groups excluding carboxylic acids is 2. The molecule has 0 rings (SSSR count). The van der Waals surface area contributed by atoms with Crippen LogP contribution in [0.5, 0.6) is 0 Å². The van der Waals surface area contributed by atoms with E-state index in [9.17, 15) is 9.59 Å². The average molecular weight is 215 g/mol. The molecular weight excluding hydrogens is 194 g/mol. The average Bonchev–Trinajstić information content (AvgIpc) is 2.10. The molecule has 0 saturated carbocycles. The molecule has 88 valence electrons. The molecule has 0 aliphatic heterocycles. The monoisotopic (exact) mass is 215 g/mol. The standard InChI is InChI=1S/C10H21N3O2/c1-7(2)13-10(15)8(3)12-6-4-5-9(11)14/h7-8,12H,4-6H2,1-3H3,(H2,11,14)(H,13,15). The SMILES string of the molecule is CC(C)NC(=O)C(C)NCCCC(N)=O. The minimum absolute atomic E-state index is 0.0240. The van der Waals surface area contributed by atoms with Crippen LogP contribution in [0.2, 0.25) is 0 Å². The molecule has 0 bridgehead atoms. The summed E-state index contributed by atoms with van der Waals surface area (Å²) in [7, 11) is 0. The van der Waals surface area contributed by atoms with Crippen LogP contribution in [-0.2, 0) is 9.59 Å². The number of nitrogens with two attached hydrogens (primary N) is 1. The topological polar surface area (TPSA) is 84.2 Å². The summed E-state index contributed by atoms with van der Waals surface area (Å²) in [4.78, 5) is 21.9. The van der Waals surface area contributed by atoms with Crippen LogP contribution in [0, 0.1) is 0 Å². The van der Waals surface area contributed by atoms with Crippen molar-refractivity contribution in [3.8, 4) is 0 Å². The van der Waals surface area contributed by atoms with Gasteiger partial charge >= 0.3 is 0 Å². The van der Waals surface area contributed by atoms with Gasteiger partial charge < -0.3 is 16.4 Å². The summed E-state index contributed by atoms with van der Waals surface area (Å²) in [5.41, 5.74) is 4.99. The highest BCUT2D eigenvalue weighted by Crippen LogP contribution is 1.89. The molecule has 15 heavy (non-hydrogen) atoms. The van der Waals surface area contributed by atoms with Crippen molar-refractivity contribution < 1.29 is 9.59 Å². The number of nitrogens with one attached hydrogen (secondary N) is 2. The summed E-state index contributed by atoms with van der Waals surface area (Å²) in [5.74, 6) is -0.333. The zero-order valence-electron chi connectivity index (χ0n) is 9.67. The van der Waals surface area contributed by atoms with Gasteiger partial charge in [0.2, 0.25) is 11.8 Å². The maximum atomic E-state index is 11.4. The van der Waals surface area contributed by atoms with E-state index in [4.69, 9.17) is 5.73 Å². The molecule has 2 amide bonds. The molecule has 0 aromatic heterocycles. The maximum Gasteiger partial charge on any atom is 0.237 e. The van der Waals surface area contributed by atoms with Crippen molar-refractivity contribution in [1.82, 2.24) is 10.6 Å². The zero-order chi connectivity index (χ0) is 11.8. The van der Waals surface area contributed by atoms with Crippen molar-refractivity contribution >= 4 is 11.8 Å². The van der Waals surface area contributed by atoms with E-state index < -0.39 is 0 Å². The van der Waals surface area contributed by atoms with Crippen molar-refractivity contribution in [3.63, 3.8) is 0 Å². The normalized spacial score (nSPS) is 12.5. The van der Waals surface area contributed by atoms with Crippen LogP contribution in [0.3, 0.4) is 0 Å². The summed E-state index contributed by atoms with van der Waals surface area (Å²) < 4.78 is 0. The quantitative estimate of drug-likeness (QED) is 0.512. The Hall–Kier alpha value is -1.10. The lowest BCUT2D eigenvalue weighted by Crippen LogP contribution is -2.45. The van der Waals surface area contributed by atoms with E-state index >= 15 is 0 Å². The lowest BCUT2D eigenvalue weighted by atomic mass is 10.2. The van der Waals surface area contributed by atoms with Crippen LogP contribution in [0.1, 0.15) is 33.6 Å². The van der Waals surface area contributed by atoms with E-state index in [1.54, 1.807) is 6.92 Å². The number of primary amides is 1.